The van der Waals surface area contributed by atoms with Crippen LogP contribution in [0.1, 0.15) is 17.8 Å². The van der Waals surface area contributed by atoms with Gasteiger partial charge in [0, 0.05) is 14.1 Å². The molecular weight excluding hydrogens is 336 g/mol. The van der Waals surface area contributed by atoms with E-state index in [0.29, 0.717) is 0 Å². The molecule has 1 unspecified atom stereocenters. The van der Waals surface area contributed by atoms with Crippen molar-refractivity contribution < 1.29 is 4.39 Å². The summed E-state index contributed by atoms with van der Waals surface area (Å²) in [4.78, 5) is 1.28. The molecule has 0 aliphatic heterocycles. The van der Waals surface area contributed by atoms with Crippen LogP contribution in [0.15, 0.2) is 35.7 Å². The predicted molar refractivity (Wildman–Crippen MR) is 75.5 cm³/mol. The summed E-state index contributed by atoms with van der Waals surface area (Å²) in [5.74, 6) is -0.196. The molecule has 1 aromatic carbocycles. The number of halogens is 2. The molecule has 0 spiro atoms. The summed E-state index contributed by atoms with van der Waals surface area (Å²) in [7, 11) is 0. The zero-order chi connectivity index (χ0) is 11.5. The molecule has 0 bridgehead atoms. The van der Waals surface area contributed by atoms with E-state index >= 15 is 0 Å². The van der Waals surface area contributed by atoms with E-state index in [2.05, 4.69) is 46.3 Å². The Hall–Kier alpha value is -0.620. The van der Waals surface area contributed by atoms with Gasteiger partial charge in [0.05, 0.1) is 6.04 Å². The largest absolute Gasteiger partial charge is 0.377 e. The molecule has 4 heteroatoms. The van der Waals surface area contributed by atoms with Crippen molar-refractivity contribution in [1.82, 2.24) is 0 Å². The van der Waals surface area contributed by atoms with Crippen LogP contribution >= 0.6 is 33.9 Å². The van der Waals surface area contributed by atoms with Crippen LogP contribution in [0.3, 0.4) is 0 Å². The van der Waals surface area contributed by atoms with Gasteiger partial charge in [0.2, 0.25) is 0 Å². The van der Waals surface area contributed by atoms with E-state index in [1.165, 1.54) is 17.0 Å². The Morgan fingerprint density at radius 2 is 2.19 bits per heavy atom. The number of anilines is 1. The van der Waals surface area contributed by atoms with Crippen molar-refractivity contribution in [2.45, 2.75) is 13.0 Å². The van der Waals surface area contributed by atoms with Gasteiger partial charge >= 0.3 is 0 Å². The van der Waals surface area contributed by atoms with Crippen LogP contribution in [0.4, 0.5) is 10.1 Å². The molecule has 2 aromatic rings. The van der Waals surface area contributed by atoms with Crippen molar-refractivity contribution in [3.8, 4) is 0 Å². The van der Waals surface area contributed by atoms with Crippen molar-refractivity contribution in [3.05, 3.63) is 50.0 Å². The topological polar surface area (TPSA) is 12.0 Å². The van der Waals surface area contributed by atoms with Crippen molar-refractivity contribution in [2.75, 3.05) is 5.32 Å². The Kier molecular flexibility index (Phi) is 3.81. The average Bonchev–Trinajstić information content (AvgIpc) is 2.75. The van der Waals surface area contributed by atoms with E-state index in [1.807, 2.05) is 6.07 Å². The molecule has 0 fully saturated rings. The zero-order valence-corrected chi connectivity index (χ0v) is 11.7. The van der Waals surface area contributed by atoms with E-state index in [1.54, 1.807) is 17.4 Å². The van der Waals surface area contributed by atoms with Gasteiger partial charge in [0.1, 0.15) is 5.82 Å². The van der Waals surface area contributed by atoms with Gasteiger partial charge in [-0.1, -0.05) is 6.07 Å². The second kappa shape index (κ2) is 5.14. The third kappa shape index (κ3) is 2.74. The van der Waals surface area contributed by atoms with Crippen LogP contribution in [-0.2, 0) is 0 Å². The van der Waals surface area contributed by atoms with Crippen molar-refractivity contribution >= 4 is 39.6 Å². The molecule has 0 amide bonds. The summed E-state index contributed by atoms with van der Waals surface area (Å²) < 4.78 is 13.8. The molecule has 2 rings (SSSR count). The van der Waals surface area contributed by atoms with Gasteiger partial charge < -0.3 is 5.32 Å². The Labute approximate surface area is 112 Å². The fraction of sp³-hybridized carbons (Fsp3) is 0.167. The number of thiophene rings is 1. The minimum Gasteiger partial charge on any atom is -0.377 e. The lowest BCUT2D eigenvalue weighted by molar-refractivity contribution is 0.627. The lowest BCUT2D eigenvalue weighted by Gasteiger charge is -2.15. The highest BCUT2D eigenvalue weighted by Gasteiger charge is 2.08. The van der Waals surface area contributed by atoms with Gasteiger partial charge in [-0.15, -0.1) is 11.3 Å². The molecule has 0 saturated carbocycles. The Balaban J connectivity index is 2.15. The lowest BCUT2D eigenvalue weighted by atomic mass is 10.2. The molecule has 0 aliphatic carbocycles. The summed E-state index contributed by atoms with van der Waals surface area (Å²) >= 11 is 3.86. The second-order valence-electron chi connectivity index (χ2n) is 3.51. The fourth-order valence-electron chi connectivity index (χ4n) is 1.45. The van der Waals surface area contributed by atoms with E-state index in [4.69, 9.17) is 0 Å². The van der Waals surface area contributed by atoms with Gasteiger partial charge in [0.25, 0.3) is 0 Å². The molecule has 16 heavy (non-hydrogen) atoms. The van der Waals surface area contributed by atoms with Crippen LogP contribution in [0.5, 0.6) is 0 Å². The Bertz CT molecular complexity index is 470. The number of rotatable bonds is 3. The molecule has 0 aliphatic rings. The summed E-state index contributed by atoms with van der Waals surface area (Å²) in [5, 5.41) is 5.43. The highest BCUT2D eigenvalue weighted by Crippen LogP contribution is 2.26. The lowest BCUT2D eigenvalue weighted by Crippen LogP contribution is -2.06. The van der Waals surface area contributed by atoms with Crippen LogP contribution in [0, 0.1) is 9.39 Å². The predicted octanol–water partition coefficient (Wildman–Crippen LogP) is 4.66. The van der Waals surface area contributed by atoms with Crippen LogP contribution in [0.2, 0.25) is 0 Å². The first-order valence-electron chi connectivity index (χ1n) is 4.92. The van der Waals surface area contributed by atoms with Gasteiger partial charge in [-0.3, -0.25) is 0 Å². The molecule has 0 radical (unpaired) electrons. The Morgan fingerprint density at radius 1 is 1.38 bits per heavy atom. The maximum atomic E-state index is 12.9. The first-order valence-corrected chi connectivity index (χ1v) is 6.87. The van der Waals surface area contributed by atoms with Crippen LogP contribution in [0.25, 0.3) is 0 Å². The van der Waals surface area contributed by atoms with Gasteiger partial charge in [-0.25, -0.2) is 4.39 Å². The van der Waals surface area contributed by atoms with Gasteiger partial charge in [-0.2, -0.15) is 0 Å². The minimum absolute atomic E-state index is 0.196. The van der Waals surface area contributed by atoms with Crippen molar-refractivity contribution in [1.29, 1.82) is 0 Å². The smallest absolute Gasteiger partial charge is 0.124 e. The maximum Gasteiger partial charge on any atom is 0.124 e. The zero-order valence-electron chi connectivity index (χ0n) is 8.71. The van der Waals surface area contributed by atoms with Crippen LogP contribution < -0.4 is 5.32 Å². The van der Waals surface area contributed by atoms with E-state index in [0.717, 1.165) is 9.26 Å². The van der Waals surface area contributed by atoms with Crippen molar-refractivity contribution in [3.63, 3.8) is 0 Å². The molecule has 1 aromatic heterocycles. The first-order chi connectivity index (χ1) is 7.66. The fourth-order valence-corrected chi connectivity index (χ4v) is 2.82. The number of hydrogen-bond acceptors (Lipinski definition) is 2. The molecule has 1 nitrogen and oxygen atoms in total. The number of nitrogens with one attached hydrogen (secondary N) is 1. The highest BCUT2D eigenvalue weighted by molar-refractivity contribution is 14.1. The monoisotopic (exact) mass is 347 g/mol. The average molecular weight is 347 g/mol. The summed E-state index contributed by atoms with van der Waals surface area (Å²) in [6.45, 7) is 2.10. The number of benzene rings is 1. The summed E-state index contributed by atoms with van der Waals surface area (Å²) in [6.07, 6.45) is 0. The van der Waals surface area contributed by atoms with Crippen LogP contribution in [-0.4, -0.2) is 0 Å². The van der Waals surface area contributed by atoms with E-state index in [9.17, 15) is 4.39 Å². The molecule has 1 heterocycles. The van der Waals surface area contributed by atoms with E-state index < -0.39 is 0 Å². The molecular formula is C12H11FINS. The Morgan fingerprint density at radius 3 is 2.81 bits per heavy atom. The van der Waals surface area contributed by atoms with Crippen molar-refractivity contribution in [2.24, 2.45) is 0 Å². The minimum atomic E-state index is -0.196. The molecule has 1 atom stereocenters. The van der Waals surface area contributed by atoms with Gasteiger partial charge in [0.15, 0.2) is 0 Å². The molecule has 0 saturated heterocycles. The summed E-state index contributed by atoms with van der Waals surface area (Å²) in [5.41, 5.74) is 0.975. The third-order valence-corrected chi connectivity index (χ3v) is 4.22. The van der Waals surface area contributed by atoms with E-state index in [-0.39, 0.29) is 11.9 Å². The van der Waals surface area contributed by atoms with Gasteiger partial charge in [-0.05, 0) is 59.2 Å². The SMILES string of the molecule is CC(Nc1ccc(F)cc1I)c1cccs1. The molecule has 1 N–H and O–H groups in total. The summed E-state index contributed by atoms with van der Waals surface area (Å²) in [6, 6.07) is 9.17. The quantitative estimate of drug-likeness (QED) is 0.796. The maximum absolute atomic E-state index is 12.9. The normalized spacial score (nSPS) is 12.4. The first kappa shape index (κ1) is 11.9. The number of hydrogen-bond donors (Lipinski definition) is 1. The second-order valence-corrected chi connectivity index (χ2v) is 5.65. The highest BCUT2D eigenvalue weighted by atomic mass is 127. The molecule has 84 valence electrons. The third-order valence-electron chi connectivity index (χ3n) is 2.27. The standard InChI is InChI=1S/C12H11FINS/c1-8(12-3-2-6-16-12)15-11-5-4-9(13)7-10(11)14/h2-8,15H,1H3.